The lowest BCUT2D eigenvalue weighted by molar-refractivity contribution is 0.00714. The van der Waals surface area contributed by atoms with Gasteiger partial charge in [0.25, 0.3) is 0 Å². The van der Waals surface area contributed by atoms with Gasteiger partial charge in [-0.05, 0) is 24.3 Å². The molecule has 2 N–H and O–H groups in total. The number of β-amino-alcohol motifs (C(OH)–C–C–N with tert-alkyl or cyclic N) is 1. The Morgan fingerprint density at radius 1 is 1.29 bits per heavy atom. The van der Waals surface area contributed by atoms with Crippen LogP contribution in [0.3, 0.4) is 0 Å². The number of halogens is 1. The molecule has 0 atom stereocenters. The van der Waals surface area contributed by atoms with Crippen LogP contribution in [0, 0.1) is 11.3 Å². The first-order valence-electron chi connectivity index (χ1n) is 6.34. The van der Waals surface area contributed by atoms with E-state index in [2.05, 4.69) is 4.98 Å². The van der Waals surface area contributed by atoms with E-state index in [4.69, 9.17) is 16.9 Å². The SMILES string of the molecule is N#Cc1ccc(N2CC(O)(c3ccc(O)cc3Cl)C2)nc1. The molecule has 6 heteroatoms. The number of hydrogen-bond donors (Lipinski definition) is 2. The summed E-state index contributed by atoms with van der Waals surface area (Å²) in [6.45, 7) is 0.715. The largest absolute Gasteiger partial charge is 0.508 e. The van der Waals surface area contributed by atoms with E-state index in [1.165, 1.54) is 18.3 Å². The molecule has 5 nitrogen and oxygen atoms in total. The summed E-state index contributed by atoms with van der Waals surface area (Å²) in [6.07, 6.45) is 1.50. The van der Waals surface area contributed by atoms with E-state index in [-0.39, 0.29) is 5.75 Å². The highest BCUT2D eigenvalue weighted by Gasteiger charge is 2.44. The lowest BCUT2D eigenvalue weighted by Crippen LogP contribution is -2.60. The van der Waals surface area contributed by atoms with Gasteiger partial charge in [0.05, 0.1) is 23.7 Å². The molecule has 1 saturated heterocycles. The van der Waals surface area contributed by atoms with Crippen LogP contribution >= 0.6 is 11.6 Å². The normalized spacial score (nSPS) is 16.1. The molecule has 0 spiro atoms. The molecule has 2 aromatic rings. The number of hydrogen-bond acceptors (Lipinski definition) is 5. The molecule has 1 aliphatic heterocycles. The summed E-state index contributed by atoms with van der Waals surface area (Å²) in [7, 11) is 0. The third-order valence-corrected chi connectivity index (χ3v) is 3.87. The zero-order chi connectivity index (χ0) is 15.0. The minimum absolute atomic E-state index is 0.0669. The Hall–Kier alpha value is -2.29. The van der Waals surface area contributed by atoms with Crippen LogP contribution in [0.4, 0.5) is 5.82 Å². The Morgan fingerprint density at radius 2 is 2.05 bits per heavy atom. The van der Waals surface area contributed by atoms with Gasteiger partial charge in [0.15, 0.2) is 0 Å². The molecule has 1 fully saturated rings. The minimum Gasteiger partial charge on any atom is -0.508 e. The standard InChI is InChI=1S/C15H12ClN3O2/c16-13-5-11(20)2-3-12(13)15(21)8-19(9-15)14-4-1-10(6-17)7-18-14/h1-5,7,20-21H,8-9H2. The first-order chi connectivity index (χ1) is 10.0. The van der Waals surface area contributed by atoms with Crippen LogP contribution in [0.25, 0.3) is 0 Å². The number of nitrogens with zero attached hydrogens (tertiary/aromatic N) is 3. The summed E-state index contributed by atoms with van der Waals surface area (Å²) in [5.41, 5.74) is 0.0309. The highest BCUT2D eigenvalue weighted by atomic mass is 35.5. The number of aromatic hydroxyl groups is 1. The maximum absolute atomic E-state index is 10.6. The van der Waals surface area contributed by atoms with Crippen molar-refractivity contribution in [1.82, 2.24) is 4.98 Å². The Kier molecular flexibility index (Phi) is 3.20. The third kappa shape index (κ3) is 2.40. The first-order valence-corrected chi connectivity index (χ1v) is 6.72. The molecule has 3 rings (SSSR count). The van der Waals surface area contributed by atoms with Gasteiger partial charge in [-0.1, -0.05) is 17.7 Å². The highest BCUT2D eigenvalue weighted by molar-refractivity contribution is 6.31. The van der Waals surface area contributed by atoms with Gasteiger partial charge in [0.1, 0.15) is 23.2 Å². The van der Waals surface area contributed by atoms with Crippen LogP contribution in [-0.2, 0) is 5.60 Å². The molecule has 0 radical (unpaired) electrons. The maximum atomic E-state index is 10.6. The monoisotopic (exact) mass is 301 g/mol. The fraction of sp³-hybridized carbons (Fsp3) is 0.200. The van der Waals surface area contributed by atoms with Crippen LogP contribution in [-0.4, -0.2) is 28.3 Å². The van der Waals surface area contributed by atoms with Crippen LogP contribution in [0.2, 0.25) is 5.02 Å². The molecule has 1 aliphatic rings. The van der Waals surface area contributed by atoms with E-state index in [1.54, 1.807) is 18.2 Å². The molecule has 0 saturated carbocycles. The second-order valence-electron chi connectivity index (χ2n) is 5.07. The summed E-state index contributed by atoms with van der Waals surface area (Å²) in [5, 5.41) is 29.0. The van der Waals surface area contributed by atoms with Crippen molar-refractivity contribution in [3.63, 3.8) is 0 Å². The Bertz CT molecular complexity index is 719. The number of rotatable bonds is 2. The quantitative estimate of drug-likeness (QED) is 0.887. The molecule has 1 aromatic carbocycles. The zero-order valence-corrected chi connectivity index (χ0v) is 11.7. The second kappa shape index (κ2) is 4.92. The predicted molar refractivity (Wildman–Crippen MR) is 78.2 cm³/mol. The van der Waals surface area contributed by atoms with Crippen molar-refractivity contribution >= 4 is 17.4 Å². The van der Waals surface area contributed by atoms with Crippen molar-refractivity contribution in [2.75, 3.05) is 18.0 Å². The van der Waals surface area contributed by atoms with Gasteiger partial charge in [-0.15, -0.1) is 0 Å². The van der Waals surface area contributed by atoms with Gasteiger partial charge >= 0.3 is 0 Å². The van der Waals surface area contributed by atoms with Gasteiger partial charge in [-0.2, -0.15) is 5.26 Å². The fourth-order valence-electron chi connectivity index (χ4n) is 2.44. The molecule has 106 valence electrons. The van der Waals surface area contributed by atoms with E-state index in [0.29, 0.717) is 35.1 Å². The number of phenols is 1. The molecular weight excluding hydrogens is 290 g/mol. The van der Waals surface area contributed by atoms with Crippen molar-refractivity contribution in [3.8, 4) is 11.8 Å². The number of pyridine rings is 1. The molecule has 2 heterocycles. The average Bonchev–Trinajstić information content (AvgIpc) is 2.44. The molecular formula is C15H12ClN3O2. The summed E-state index contributed by atoms with van der Waals surface area (Å²) in [6, 6.07) is 9.99. The Balaban J connectivity index is 1.78. The van der Waals surface area contributed by atoms with E-state index in [9.17, 15) is 10.2 Å². The minimum atomic E-state index is -1.06. The van der Waals surface area contributed by atoms with Crippen molar-refractivity contribution in [3.05, 3.63) is 52.7 Å². The molecule has 21 heavy (non-hydrogen) atoms. The number of anilines is 1. The van der Waals surface area contributed by atoms with E-state index < -0.39 is 5.60 Å². The highest BCUT2D eigenvalue weighted by Crippen LogP contribution is 2.38. The van der Waals surface area contributed by atoms with Crippen LogP contribution < -0.4 is 4.90 Å². The number of phenolic OH excluding ortho intramolecular Hbond substituents is 1. The third-order valence-electron chi connectivity index (χ3n) is 3.56. The van der Waals surface area contributed by atoms with Gasteiger partial charge in [0.2, 0.25) is 0 Å². The summed E-state index contributed by atoms with van der Waals surface area (Å²) in [5.74, 6) is 0.769. The number of nitriles is 1. The summed E-state index contributed by atoms with van der Waals surface area (Å²) < 4.78 is 0. The Labute approximate surface area is 126 Å². The number of benzene rings is 1. The molecule has 1 aromatic heterocycles. The second-order valence-corrected chi connectivity index (χ2v) is 5.48. The van der Waals surface area contributed by atoms with E-state index in [1.807, 2.05) is 11.0 Å². The van der Waals surface area contributed by atoms with E-state index in [0.717, 1.165) is 0 Å². The van der Waals surface area contributed by atoms with E-state index >= 15 is 0 Å². The van der Waals surface area contributed by atoms with Gasteiger partial charge in [0, 0.05) is 11.8 Å². The fourth-order valence-corrected chi connectivity index (χ4v) is 2.79. The molecule has 0 amide bonds. The number of aromatic nitrogens is 1. The predicted octanol–water partition coefficient (Wildman–Crippen LogP) is 2.02. The first kappa shape index (κ1) is 13.7. The topological polar surface area (TPSA) is 80.4 Å². The zero-order valence-electron chi connectivity index (χ0n) is 11.0. The maximum Gasteiger partial charge on any atom is 0.128 e. The van der Waals surface area contributed by atoms with Crippen molar-refractivity contribution in [2.24, 2.45) is 0 Å². The smallest absolute Gasteiger partial charge is 0.128 e. The Morgan fingerprint density at radius 3 is 2.62 bits per heavy atom. The van der Waals surface area contributed by atoms with Gasteiger partial charge in [-0.3, -0.25) is 0 Å². The van der Waals surface area contributed by atoms with Gasteiger partial charge < -0.3 is 15.1 Å². The number of aliphatic hydroxyl groups is 1. The van der Waals surface area contributed by atoms with Gasteiger partial charge in [-0.25, -0.2) is 4.98 Å². The lowest BCUT2D eigenvalue weighted by atomic mass is 9.86. The van der Waals surface area contributed by atoms with Crippen molar-refractivity contribution < 1.29 is 10.2 Å². The van der Waals surface area contributed by atoms with Crippen LogP contribution in [0.1, 0.15) is 11.1 Å². The average molecular weight is 302 g/mol. The summed E-state index contributed by atoms with van der Waals surface area (Å²) in [4.78, 5) is 6.08. The molecule has 0 bridgehead atoms. The van der Waals surface area contributed by atoms with Crippen molar-refractivity contribution in [2.45, 2.75) is 5.60 Å². The van der Waals surface area contributed by atoms with Crippen LogP contribution in [0.5, 0.6) is 5.75 Å². The lowest BCUT2D eigenvalue weighted by Gasteiger charge is -2.47. The summed E-state index contributed by atoms with van der Waals surface area (Å²) >= 11 is 6.07. The van der Waals surface area contributed by atoms with Crippen LogP contribution in [0.15, 0.2) is 36.5 Å². The molecule has 0 unspecified atom stereocenters. The van der Waals surface area contributed by atoms with Crippen molar-refractivity contribution in [1.29, 1.82) is 5.26 Å². The molecule has 0 aliphatic carbocycles.